The van der Waals surface area contributed by atoms with Crippen LogP contribution in [-0.2, 0) is 9.47 Å². The van der Waals surface area contributed by atoms with Gasteiger partial charge in [0.2, 0.25) is 11.9 Å². The summed E-state index contributed by atoms with van der Waals surface area (Å²) in [5.74, 6) is -2.84. The number of anilines is 4. The van der Waals surface area contributed by atoms with Gasteiger partial charge in [-0.25, -0.2) is 9.97 Å². The van der Waals surface area contributed by atoms with Gasteiger partial charge in [0, 0.05) is 61.5 Å². The van der Waals surface area contributed by atoms with Crippen LogP contribution in [0.2, 0.25) is 0 Å². The highest BCUT2D eigenvalue weighted by atomic mass is 19.1. The number of nitrogens with one attached hydrogen (secondary N) is 2. The second kappa shape index (κ2) is 15.1. The van der Waals surface area contributed by atoms with E-state index < -0.39 is 23.7 Å². The van der Waals surface area contributed by atoms with E-state index in [1.165, 1.54) is 58.4 Å². The molecule has 0 aromatic carbocycles. The number of nitrogens with two attached hydrogens (primary N) is 2. The highest BCUT2D eigenvalue weighted by Crippen LogP contribution is 2.30. The first-order valence-electron chi connectivity index (χ1n) is 14.7. The van der Waals surface area contributed by atoms with Gasteiger partial charge in [-0.15, -0.1) is 0 Å². The molecule has 2 saturated heterocycles. The van der Waals surface area contributed by atoms with Gasteiger partial charge in [0.05, 0.1) is 49.3 Å². The molecule has 2 fully saturated rings. The normalized spacial score (nSPS) is 20.3. The summed E-state index contributed by atoms with van der Waals surface area (Å²) >= 11 is 0. The minimum absolute atomic E-state index is 0.148. The van der Waals surface area contributed by atoms with Crippen molar-refractivity contribution < 1.29 is 27.8 Å². The maximum Gasteiger partial charge on any atom is 0.254 e. The fourth-order valence-electron chi connectivity index (χ4n) is 5.17. The summed E-state index contributed by atoms with van der Waals surface area (Å²) in [6, 6.07) is 9.26. The van der Waals surface area contributed by atoms with Gasteiger partial charge < -0.3 is 31.6 Å². The van der Waals surface area contributed by atoms with E-state index >= 15 is 0 Å². The number of ether oxygens (including phenoxy) is 2. The lowest BCUT2D eigenvalue weighted by Gasteiger charge is -2.26. The largest absolute Gasteiger partial charge is 0.379 e. The zero-order valence-electron chi connectivity index (χ0n) is 25.3. The summed E-state index contributed by atoms with van der Waals surface area (Å²) < 4.78 is 40.2. The van der Waals surface area contributed by atoms with Crippen LogP contribution in [0.3, 0.4) is 0 Å². The molecule has 2 aliphatic rings. The SMILES string of the molecule is N#C[C@@H]1CCOCC1n1cc(C(N)=O)c(Nc2ccnc(F)c2)n1.N#C[C@H]1CCOC[C@@H]1n1cc(C(N)=O)c(Nc2ccnc(F)c2)n1. The summed E-state index contributed by atoms with van der Waals surface area (Å²) in [7, 11) is 0. The third kappa shape index (κ3) is 7.86. The second-order valence-electron chi connectivity index (χ2n) is 10.8. The fourth-order valence-corrected chi connectivity index (χ4v) is 5.17. The van der Waals surface area contributed by atoms with Gasteiger partial charge in [-0.1, -0.05) is 0 Å². The molecule has 2 aliphatic heterocycles. The molecule has 0 saturated carbocycles. The average molecular weight is 661 g/mol. The summed E-state index contributed by atoms with van der Waals surface area (Å²) in [6.07, 6.45) is 6.72. The predicted molar refractivity (Wildman–Crippen MR) is 164 cm³/mol. The number of rotatable bonds is 8. The van der Waals surface area contributed by atoms with Gasteiger partial charge in [0.15, 0.2) is 11.6 Å². The van der Waals surface area contributed by atoms with E-state index in [0.29, 0.717) is 50.6 Å². The molecule has 248 valence electrons. The van der Waals surface area contributed by atoms with Crippen molar-refractivity contribution in [2.45, 2.75) is 24.9 Å². The third-order valence-electron chi connectivity index (χ3n) is 7.64. The van der Waals surface area contributed by atoms with E-state index in [4.69, 9.17) is 20.9 Å². The molecule has 48 heavy (non-hydrogen) atoms. The molecule has 16 nitrogen and oxygen atoms in total. The molecule has 6 N–H and O–H groups in total. The minimum Gasteiger partial charge on any atom is -0.379 e. The third-order valence-corrected chi connectivity index (χ3v) is 7.64. The number of hydrogen-bond acceptors (Lipinski definition) is 12. The quantitative estimate of drug-likeness (QED) is 0.200. The second-order valence-corrected chi connectivity index (χ2v) is 10.8. The Morgan fingerprint density at radius 1 is 0.792 bits per heavy atom. The first-order chi connectivity index (χ1) is 23.2. The Balaban J connectivity index is 0.000000188. The van der Waals surface area contributed by atoms with Crippen LogP contribution in [0.25, 0.3) is 0 Å². The van der Waals surface area contributed by atoms with Gasteiger partial charge in [0.1, 0.15) is 11.1 Å². The Labute approximate surface area is 272 Å². The van der Waals surface area contributed by atoms with Crippen LogP contribution in [0.5, 0.6) is 0 Å². The van der Waals surface area contributed by atoms with E-state index in [9.17, 15) is 28.9 Å². The maximum absolute atomic E-state index is 13.2. The lowest BCUT2D eigenvalue weighted by atomic mass is 9.97. The Morgan fingerprint density at radius 3 is 1.56 bits per heavy atom. The van der Waals surface area contributed by atoms with Crippen molar-refractivity contribution in [2.24, 2.45) is 23.3 Å². The van der Waals surface area contributed by atoms with Gasteiger partial charge in [-0.3, -0.25) is 19.0 Å². The van der Waals surface area contributed by atoms with E-state index in [1.807, 2.05) is 0 Å². The van der Waals surface area contributed by atoms with Crippen molar-refractivity contribution in [3.63, 3.8) is 0 Å². The molecule has 0 spiro atoms. The van der Waals surface area contributed by atoms with Crippen molar-refractivity contribution >= 4 is 34.8 Å². The van der Waals surface area contributed by atoms with Crippen LogP contribution in [0.1, 0.15) is 45.6 Å². The Bertz CT molecular complexity index is 1730. The molecule has 18 heteroatoms. The molecular formula is C30H30F2N12O4. The van der Waals surface area contributed by atoms with Crippen molar-refractivity contribution in [3.8, 4) is 12.1 Å². The zero-order valence-corrected chi connectivity index (χ0v) is 25.3. The van der Waals surface area contributed by atoms with Gasteiger partial charge in [0.25, 0.3) is 11.8 Å². The monoisotopic (exact) mass is 660 g/mol. The standard InChI is InChI=1S/2C15H15FN6O2/c2*16-13-5-10(1-3-19-13)20-15-11(14(18)23)7-22(21-15)12-8-24-4-2-9(12)6-17/h2*1,3,5,7,9,12H,2,4,8H2,(H2,18,23)(H,19,20,21)/t9-,12?;9-,12+/m01/s1. The van der Waals surface area contributed by atoms with Crippen LogP contribution >= 0.6 is 0 Å². The van der Waals surface area contributed by atoms with E-state index in [0.717, 1.165) is 0 Å². The summed E-state index contributed by atoms with van der Waals surface area (Å²) in [4.78, 5) is 30.3. The molecule has 0 aliphatic carbocycles. The molecule has 0 bridgehead atoms. The molecule has 4 aromatic heterocycles. The number of nitriles is 2. The number of carbonyl (C=O) groups is 2. The Morgan fingerprint density at radius 2 is 1.21 bits per heavy atom. The number of hydrogen-bond donors (Lipinski definition) is 4. The molecular weight excluding hydrogens is 630 g/mol. The lowest BCUT2D eigenvalue weighted by Crippen LogP contribution is -2.29. The zero-order chi connectivity index (χ0) is 34.2. The van der Waals surface area contributed by atoms with Crippen LogP contribution < -0.4 is 22.1 Å². The molecule has 0 radical (unpaired) electrons. The van der Waals surface area contributed by atoms with Crippen LogP contribution in [0.15, 0.2) is 49.1 Å². The molecule has 1 unspecified atom stereocenters. The number of halogens is 2. The average Bonchev–Trinajstić information content (AvgIpc) is 3.70. The van der Waals surface area contributed by atoms with Crippen molar-refractivity contribution in [2.75, 3.05) is 37.1 Å². The van der Waals surface area contributed by atoms with Gasteiger partial charge >= 0.3 is 0 Å². The van der Waals surface area contributed by atoms with Crippen LogP contribution in [0, 0.1) is 46.4 Å². The number of aromatic nitrogens is 6. The Hall–Kier alpha value is -5.98. The van der Waals surface area contributed by atoms with E-state index in [2.05, 4.69) is 42.9 Å². The predicted octanol–water partition coefficient (Wildman–Crippen LogP) is 2.72. The minimum atomic E-state index is -0.677. The summed E-state index contributed by atoms with van der Waals surface area (Å²) in [5, 5.41) is 32.9. The molecule has 4 aromatic rings. The first-order valence-corrected chi connectivity index (χ1v) is 14.7. The summed E-state index contributed by atoms with van der Waals surface area (Å²) in [5.41, 5.74) is 11.8. The van der Waals surface area contributed by atoms with Crippen LogP contribution in [-0.4, -0.2) is 67.8 Å². The maximum atomic E-state index is 13.2. The van der Waals surface area contributed by atoms with Crippen LogP contribution in [0.4, 0.5) is 31.8 Å². The Kier molecular flexibility index (Phi) is 10.5. The number of primary amides is 2. The molecule has 6 heterocycles. The highest BCUT2D eigenvalue weighted by molar-refractivity contribution is 5.98. The van der Waals surface area contributed by atoms with E-state index in [-0.39, 0.29) is 46.7 Å². The topological polar surface area (TPSA) is 238 Å². The number of pyridine rings is 2. The number of amides is 2. The fraction of sp³-hybridized carbons (Fsp3) is 0.333. The van der Waals surface area contributed by atoms with Crippen molar-refractivity contribution in [1.29, 1.82) is 10.5 Å². The molecule has 6 rings (SSSR count). The number of nitrogens with zero attached hydrogens (tertiary/aromatic N) is 8. The smallest absolute Gasteiger partial charge is 0.254 e. The molecule has 2 amide bonds. The molecule has 4 atom stereocenters. The van der Waals surface area contributed by atoms with E-state index in [1.54, 1.807) is 0 Å². The van der Waals surface area contributed by atoms with Crippen molar-refractivity contribution in [3.05, 3.63) is 72.1 Å². The summed E-state index contributed by atoms with van der Waals surface area (Å²) in [6.45, 7) is 1.67. The highest BCUT2D eigenvalue weighted by Gasteiger charge is 2.31. The van der Waals surface area contributed by atoms with Gasteiger partial charge in [-0.05, 0) is 25.0 Å². The lowest BCUT2D eigenvalue weighted by molar-refractivity contribution is 0.0341. The van der Waals surface area contributed by atoms with Crippen molar-refractivity contribution in [1.82, 2.24) is 29.5 Å². The number of carbonyl (C=O) groups excluding carboxylic acids is 2. The van der Waals surface area contributed by atoms with Gasteiger partial charge in [-0.2, -0.15) is 29.5 Å². The first kappa shape index (κ1) is 33.4.